The second-order valence-electron chi connectivity index (χ2n) is 3.87. The van der Waals surface area contributed by atoms with E-state index in [4.69, 9.17) is 4.74 Å². The molecule has 0 aliphatic carbocycles. The van der Waals surface area contributed by atoms with Gasteiger partial charge in [0.2, 0.25) is 0 Å². The Morgan fingerprint density at radius 1 is 1.25 bits per heavy atom. The van der Waals surface area contributed by atoms with Gasteiger partial charge in [0.05, 0.1) is 13.5 Å². The van der Waals surface area contributed by atoms with Gasteiger partial charge in [0.1, 0.15) is 0 Å². The number of hydrogen-bond donors (Lipinski definition) is 1. The van der Waals surface area contributed by atoms with Gasteiger partial charge in [-0.25, -0.2) is 0 Å². The molecule has 0 spiro atoms. The van der Waals surface area contributed by atoms with Crippen molar-refractivity contribution in [3.63, 3.8) is 0 Å². The lowest BCUT2D eigenvalue weighted by Crippen LogP contribution is -2.21. The van der Waals surface area contributed by atoms with Crippen LogP contribution in [0.1, 0.15) is 12.0 Å². The molecule has 1 rings (SSSR count). The summed E-state index contributed by atoms with van der Waals surface area (Å²) in [6.45, 7) is -3.38. The number of rotatable bonds is 7. The molecule has 0 bridgehead atoms. The molecule has 1 aromatic rings. The Bertz CT molecular complexity index is 423. The smallest absolute Gasteiger partial charge is 0.390 e. The first-order valence-electron chi connectivity index (χ1n) is 5.71. The topological polar surface area (TPSA) is 30.5 Å². The molecular weight excluding hydrogens is 285 g/mol. The molecule has 0 amide bonds. The summed E-state index contributed by atoms with van der Waals surface area (Å²) < 4.78 is 69.8. The zero-order valence-electron chi connectivity index (χ0n) is 10.6. The molecular formula is C12H14F5NO2. The number of nitrogens with one attached hydrogen (secondary N) is 1. The fraction of sp³-hybridized carbons (Fsp3) is 0.500. The van der Waals surface area contributed by atoms with Crippen molar-refractivity contribution in [1.82, 2.24) is 5.32 Å². The first-order valence-corrected chi connectivity index (χ1v) is 5.71. The highest BCUT2D eigenvalue weighted by atomic mass is 19.4. The minimum absolute atomic E-state index is 0.0324. The zero-order valence-corrected chi connectivity index (χ0v) is 10.6. The maximum absolute atomic E-state index is 12.3. The molecule has 8 heteroatoms. The molecule has 3 nitrogen and oxygen atoms in total. The first-order chi connectivity index (χ1) is 9.33. The monoisotopic (exact) mass is 299 g/mol. The molecule has 0 atom stereocenters. The van der Waals surface area contributed by atoms with Crippen LogP contribution >= 0.6 is 0 Å². The molecule has 1 N–H and O–H groups in total. The van der Waals surface area contributed by atoms with E-state index in [0.29, 0.717) is 5.56 Å². The summed E-state index contributed by atoms with van der Waals surface area (Å²) in [5, 5.41) is 2.52. The van der Waals surface area contributed by atoms with Gasteiger partial charge in [-0.2, -0.15) is 22.0 Å². The predicted molar refractivity (Wildman–Crippen MR) is 62.0 cm³/mol. The van der Waals surface area contributed by atoms with Gasteiger partial charge >= 0.3 is 12.8 Å². The van der Waals surface area contributed by atoms with Gasteiger partial charge in [-0.1, -0.05) is 12.1 Å². The first kappa shape index (κ1) is 16.5. The molecule has 0 fully saturated rings. The van der Waals surface area contributed by atoms with Crippen molar-refractivity contribution in [3.05, 3.63) is 23.8 Å². The SMILES string of the molecule is COc1cccc(CNCCC(F)(F)F)c1OC(F)F. The number of halogens is 5. The average molecular weight is 299 g/mol. The van der Waals surface area contributed by atoms with Crippen LogP contribution in [-0.4, -0.2) is 26.4 Å². The molecule has 0 saturated heterocycles. The van der Waals surface area contributed by atoms with Crippen LogP contribution in [0.15, 0.2) is 18.2 Å². The van der Waals surface area contributed by atoms with E-state index in [-0.39, 0.29) is 24.6 Å². The zero-order chi connectivity index (χ0) is 15.2. The summed E-state index contributed by atoms with van der Waals surface area (Å²) in [4.78, 5) is 0. The van der Waals surface area contributed by atoms with Crippen molar-refractivity contribution in [3.8, 4) is 11.5 Å². The highest BCUT2D eigenvalue weighted by molar-refractivity contribution is 5.46. The van der Waals surface area contributed by atoms with E-state index in [1.807, 2.05) is 0 Å². The number of methoxy groups -OCH3 is 1. The van der Waals surface area contributed by atoms with Crippen molar-refractivity contribution in [2.24, 2.45) is 0 Å². The van der Waals surface area contributed by atoms with Gasteiger partial charge in [0.25, 0.3) is 0 Å². The summed E-state index contributed by atoms with van der Waals surface area (Å²) in [6, 6.07) is 4.44. The van der Waals surface area contributed by atoms with Crippen LogP contribution in [0.25, 0.3) is 0 Å². The molecule has 0 aromatic heterocycles. The van der Waals surface area contributed by atoms with Gasteiger partial charge < -0.3 is 14.8 Å². The van der Waals surface area contributed by atoms with E-state index in [2.05, 4.69) is 10.1 Å². The molecule has 0 unspecified atom stereocenters. The minimum Gasteiger partial charge on any atom is -0.493 e. The Morgan fingerprint density at radius 3 is 2.50 bits per heavy atom. The molecule has 114 valence electrons. The quantitative estimate of drug-likeness (QED) is 0.619. The van der Waals surface area contributed by atoms with Crippen molar-refractivity contribution >= 4 is 0 Å². The van der Waals surface area contributed by atoms with Gasteiger partial charge in [-0.05, 0) is 6.07 Å². The lowest BCUT2D eigenvalue weighted by atomic mass is 10.2. The highest BCUT2D eigenvalue weighted by Crippen LogP contribution is 2.32. The molecule has 0 saturated carbocycles. The van der Waals surface area contributed by atoms with Gasteiger partial charge in [0.15, 0.2) is 11.5 Å². The molecule has 0 heterocycles. The van der Waals surface area contributed by atoms with Crippen molar-refractivity contribution in [2.45, 2.75) is 25.8 Å². The van der Waals surface area contributed by atoms with Crippen molar-refractivity contribution in [1.29, 1.82) is 0 Å². The van der Waals surface area contributed by atoms with Gasteiger partial charge in [-0.3, -0.25) is 0 Å². The van der Waals surface area contributed by atoms with Crippen molar-refractivity contribution in [2.75, 3.05) is 13.7 Å². The van der Waals surface area contributed by atoms with Crippen LogP contribution < -0.4 is 14.8 Å². The average Bonchev–Trinajstić information content (AvgIpc) is 2.34. The summed E-state index contributed by atoms with van der Waals surface area (Å²) in [5.41, 5.74) is 0.298. The van der Waals surface area contributed by atoms with Crippen molar-refractivity contribution < 1.29 is 31.4 Å². The molecule has 1 aromatic carbocycles. The van der Waals surface area contributed by atoms with Crippen LogP contribution in [0.4, 0.5) is 22.0 Å². The molecule has 0 aliphatic heterocycles. The Morgan fingerprint density at radius 2 is 1.95 bits per heavy atom. The van der Waals surface area contributed by atoms with E-state index < -0.39 is 19.2 Å². The van der Waals surface area contributed by atoms with E-state index in [1.54, 1.807) is 0 Å². The van der Waals surface area contributed by atoms with Gasteiger partial charge in [-0.15, -0.1) is 0 Å². The largest absolute Gasteiger partial charge is 0.493 e. The van der Waals surface area contributed by atoms with Crippen LogP contribution in [-0.2, 0) is 6.54 Å². The van der Waals surface area contributed by atoms with E-state index in [9.17, 15) is 22.0 Å². The normalized spacial score (nSPS) is 11.8. The number of hydrogen-bond acceptors (Lipinski definition) is 3. The standard InChI is InChI=1S/C12H14F5NO2/c1-19-9-4-2-3-8(10(9)20-11(13)14)7-18-6-5-12(15,16)17/h2-4,11,18H,5-7H2,1H3. The number of alkyl halides is 5. The second kappa shape index (κ2) is 7.28. The lowest BCUT2D eigenvalue weighted by Gasteiger charge is -2.15. The summed E-state index contributed by atoms with van der Waals surface area (Å²) in [7, 11) is 1.29. The predicted octanol–water partition coefficient (Wildman–Crippen LogP) is 3.34. The van der Waals surface area contributed by atoms with Crippen LogP contribution in [0.2, 0.25) is 0 Å². The summed E-state index contributed by atoms with van der Waals surface area (Å²) in [6.07, 6.45) is -5.26. The third kappa shape index (κ3) is 5.60. The maximum atomic E-state index is 12.3. The number of benzene rings is 1. The third-order valence-corrected chi connectivity index (χ3v) is 2.39. The number of ether oxygens (including phenoxy) is 2. The third-order valence-electron chi connectivity index (χ3n) is 2.39. The maximum Gasteiger partial charge on any atom is 0.390 e. The fourth-order valence-corrected chi connectivity index (χ4v) is 1.54. The number of para-hydroxylation sites is 1. The van der Waals surface area contributed by atoms with E-state index >= 15 is 0 Å². The Balaban J connectivity index is 2.68. The highest BCUT2D eigenvalue weighted by Gasteiger charge is 2.26. The Kier molecular flexibility index (Phi) is 6.00. The lowest BCUT2D eigenvalue weighted by molar-refractivity contribution is -0.133. The second-order valence-corrected chi connectivity index (χ2v) is 3.87. The Labute approximate surface area is 112 Å². The van der Waals surface area contributed by atoms with E-state index in [0.717, 1.165) is 0 Å². The fourth-order valence-electron chi connectivity index (χ4n) is 1.54. The summed E-state index contributed by atoms with van der Waals surface area (Å²) >= 11 is 0. The van der Waals surface area contributed by atoms with Crippen LogP contribution in [0, 0.1) is 0 Å². The molecule has 20 heavy (non-hydrogen) atoms. The van der Waals surface area contributed by atoms with E-state index in [1.165, 1.54) is 25.3 Å². The Hall–Kier alpha value is -1.57. The minimum atomic E-state index is -4.26. The van der Waals surface area contributed by atoms with Gasteiger partial charge in [0, 0.05) is 18.7 Å². The van der Waals surface area contributed by atoms with Crippen LogP contribution in [0.5, 0.6) is 11.5 Å². The van der Waals surface area contributed by atoms with Crippen LogP contribution in [0.3, 0.4) is 0 Å². The molecule has 0 radical (unpaired) electrons. The summed E-state index contributed by atoms with van der Waals surface area (Å²) in [5.74, 6) is -0.0788. The molecule has 0 aliphatic rings.